The van der Waals surface area contributed by atoms with Gasteiger partial charge in [0, 0.05) is 77.3 Å². The Morgan fingerprint density at radius 3 is 2.59 bits per heavy atom. The lowest BCUT2D eigenvalue weighted by atomic mass is 10.0. The second kappa shape index (κ2) is 7.46. The average molecular weight is 371 g/mol. The summed E-state index contributed by atoms with van der Waals surface area (Å²) < 4.78 is 4.00. The number of amides is 1. The third kappa shape index (κ3) is 3.78. The lowest BCUT2D eigenvalue weighted by Crippen LogP contribution is -2.31. The minimum atomic E-state index is 0.282. The molecule has 7 nitrogen and oxygen atoms in total. The van der Waals surface area contributed by atoms with Gasteiger partial charge in [0.25, 0.3) is 0 Å². The molecule has 27 heavy (non-hydrogen) atoms. The van der Waals surface area contributed by atoms with Crippen molar-refractivity contribution in [3.8, 4) is 0 Å². The zero-order chi connectivity index (χ0) is 19.0. The first-order valence-electron chi connectivity index (χ1n) is 10.0. The number of hydrogen-bond acceptors (Lipinski definition) is 4. The number of hydrogen-bond donors (Lipinski definition) is 0. The summed E-state index contributed by atoms with van der Waals surface area (Å²) in [6.07, 6.45) is 4.62. The van der Waals surface area contributed by atoms with E-state index < -0.39 is 0 Å². The number of aromatic nitrogens is 4. The molecular weight excluding hydrogens is 340 g/mol. The van der Waals surface area contributed by atoms with Crippen LogP contribution in [0, 0.1) is 6.92 Å². The molecule has 0 atom stereocenters. The summed E-state index contributed by atoms with van der Waals surface area (Å²) in [7, 11) is 4.04. The first-order chi connectivity index (χ1) is 13.0. The monoisotopic (exact) mass is 370 g/mol. The third-order valence-electron chi connectivity index (χ3n) is 5.92. The minimum Gasteiger partial charge on any atom is -0.343 e. The standard InChI is InChI=1S/C20H30N6O/c1-15-12-16(23(2)21-15)13-25-11-8-19-17(14-25)18(22-24(19)3)6-7-20(27)26-9-4-5-10-26/h12H,4-11,13-14H2,1-3H3. The van der Waals surface area contributed by atoms with E-state index in [9.17, 15) is 4.79 Å². The molecule has 4 rings (SSSR count). The van der Waals surface area contributed by atoms with Crippen molar-refractivity contribution in [2.45, 2.75) is 52.1 Å². The van der Waals surface area contributed by atoms with Crippen molar-refractivity contribution in [1.29, 1.82) is 0 Å². The summed E-state index contributed by atoms with van der Waals surface area (Å²) in [5, 5.41) is 9.22. The maximum absolute atomic E-state index is 12.4. The second-order valence-corrected chi connectivity index (χ2v) is 7.94. The number of fused-ring (bicyclic) bond motifs is 1. The fourth-order valence-corrected chi connectivity index (χ4v) is 4.45. The fraction of sp³-hybridized carbons (Fsp3) is 0.650. The van der Waals surface area contributed by atoms with Gasteiger partial charge in [-0.2, -0.15) is 10.2 Å². The van der Waals surface area contributed by atoms with Gasteiger partial charge in [0.1, 0.15) is 0 Å². The Kier molecular flexibility index (Phi) is 5.04. The number of carbonyl (C=O) groups is 1. The van der Waals surface area contributed by atoms with Crippen LogP contribution in [0.15, 0.2) is 6.07 Å². The summed E-state index contributed by atoms with van der Waals surface area (Å²) >= 11 is 0. The lowest BCUT2D eigenvalue weighted by Gasteiger charge is -2.27. The molecule has 2 aliphatic rings. The zero-order valence-electron chi connectivity index (χ0n) is 16.7. The molecule has 1 amide bonds. The van der Waals surface area contributed by atoms with Crippen molar-refractivity contribution in [2.75, 3.05) is 19.6 Å². The van der Waals surface area contributed by atoms with E-state index in [1.54, 1.807) is 0 Å². The molecule has 0 bridgehead atoms. The summed E-state index contributed by atoms with van der Waals surface area (Å²) in [6.45, 7) is 6.73. The van der Waals surface area contributed by atoms with Crippen LogP contribution in [0.4, 0.5) is 0 Å². The minimum absolute atomic E-state index is 0.282. The molecule has 2 aromatic rings. The van der Waals surface area contributed by atoms with Crippen LogP contribution in [0.3, 0.4) is 0 Å². The fourth-order valence-electron chi connectivity index (χ4n) is 4.45. The first kappa shape index (κ1) is 18.2. The van der Waals surface area contributed by atoms with E-state index in [1.807, 2.05) is 35.3 Å². The van der Waals surface area contributed by atoms with Crippen LogP contribution in [0.2, 0.25) is 0 Å². The normalized spacial score (nSPS) is 17.5. The third-order valence-corrected chi connectivity index (χ3v) is 5.92. The Labute approximate surface area is 160 Å². The zero-order valence-corrected chi connectivity index (χ0v) is 16.7. The largest absolute Gasteiger partial charge is 0.343 e. The van der Waals surface area contributed by atoms with Gasteiger partial charge in [0.2, 0.25) is 5.91 Å². The maximum Gasteiger partial charge on any atom is 0.222 e. The predicted molar refractivity (Wildman–Crippen MR) is 103 cm³/mol. The van der Waals surface area contributed by atoms with E-state index >= 15 is 0 Å². The molecule has 0 aromatic carbocycles. The van der Waals surface area contributed by atoms with Crippen LogP contribution >= 0.6 is 0 Å². The number of aryl methyl sites for hydroxylation is 4. The molecule has 7 heteroatoms. The number of carbonyl (C=O) groups excluding carboxylic acids is 1. The van der Waals surface area contributed by atoms with Crippen molar-refractivity contribution in [2.24, 2.45) is 14.1 Å². The highest BCUT2D eigenvalue weighted by Crippen LogP contribution is 2.25. The summed E-state index contributed by atoms with van der Waals surface area (Å²) in [5.74, 6) is 0.282. The highest BCUT2D eigenvalue weighted by Gasteiger charge is 2.25. The maximum atomic E-state index is 12.4. The highest BCUT2D eigenvalue weighted by atomic mass is 16.2. The van der Waals surface area contributed by atoms with Crippen molar-refractivity contribution in [3.63, 3.8) is 0 Å². The Hall–Kier alpha value is -2.15. The highest BCUT2D eigenvalue weighted by molar-refractivity contribution is 5.76. The molecule has 146 valence electrons. The van der Waals surface area contributed by atoms with Crippen LogP contribution in [0.25, 0.3) is 0 Å². The Bertz CT molecular complexity index is 830. The molecule has 0 unspecified atom stereocenters. The molecule has 1 saturated heterocycles. The topological polar surface area (TPSA) is 59.2 Å². The summed E-state index contributed by atoms with van der Waals surface area (Å²) in [5.41, 5.74) is 6.07. The van der Waals surface area contributed by atoms with Gasteiger partial charge in [0.15, 0.2) is 0 Å². The predicted octanol–water partition coefficient (Wildman–Crippen LogP) is 1.58. The van der Waals surface area contributed by atoms with Crippen molar-refractivity contribution in [3.05, 3.63) is 34.4 Å². The van der Waals surface area contributed by atoms with E-state index in [0.717, 1.165) is 69.8 Å². The molecule has 0 N–H and O–H groups in total. The molecule has 2 aliphatic heterocycles. The van der Waals surface area contributed by atoms with Crippen LogP contribution < -0.4 is 0 Å². The van der Waals surface area contributed by atoms with Crippen molar-refractivity contribution in [1.82, 2.24) is 29.4 Å². The Morgan fingerprint density at radius 2 is 1.89 bits per heavy atom. The van der Waals surface area contributed by atoms with Crippen molar-refractivity contribution < 1.29 is 4.79 Å². The van der Waals surface area contributed by atoms with Gasteiger partial charge in [-0.25, -0.2) is 0 Å². The quantitative estimate of drug-likeness (QED) is 0.802. The van der Waals surface area contributed by atoms with Crippen LogP contribution in [0.5, 0.6) is 0 Å². The van der Waals surface area contributed by atoms with E-state index in [-0.39, 0.29) is 5.91 Å². The van der Waals surface area contributed by atoms with Gasteiger partial charge in [-0.1, -0.05) is 0 Å². The second-order valence-electron chi connectivity index (χ2n) is 7.94. The van der Waals surface area contributed by atoms with Crippen LogP contribution in [0.1, 0.15) is 47.6 Å². The Balaban J connectivity index is 1.44. The van der Waals surface area contributed by atoms with Gasteiger partial charge in [0.05, 0.1) is 17.1 Å². The number of likely N-dealkylation sites (tertiary alicyclic amines) is 1. The molecular formula is C20H30N6O. The molecule has 1 fully saturated rings. The number of nitrogens with zero attached hydrogens (tertiary/aromatic N) is 6. The molecule has 2 aromatic heterocycles. The number of rotatable bonds is 5. The van der Waals surface area contributed by atoms with E-state index in [2.05, 4.69) is 16.1 Å². The van der Waals surface area contributed by atoms with E-state index in [0.29, 0.717) is 6.42 Å². The van der Waals surface area contributed by atoms with Gasteiger partial charge in [-0.3, -0.25) is 19.1 Å². The molecule has 0 radical (unpaired) electrons. The van der Waals surface area contributed by atoms with Crippen LogP contribution in [-0.4, -0.2) is 54.9 Å². The van der Waals surface area contributed by atoms with Crippen molar-refractivity contribution >= 4 is 5.91 Å². The van der Waals surface area contributed by atoms with Gasteiger partial charge in [-0.05, 0) is 25.8 Å². The summed E-state index contributed by atoms with van der Waals surface area (Å²) in [4.78, 5) is 16.9. The molecule has 0 spiro atoms. The lowest BCUT2D eigenvalue weighted by molar-refractivity contribution is -0.130. The van der Waals surface area contributed by atoms with E-state index in [1.165, 1.54) is 17.0 Å². The average Bonchev–Trinajstić information content (AvgIpc) is 3.34. The van der Waals surface area contributed by atoms with Gasteiger partial charge >= 0.3 is 0 Å². The molecule has 0 aliphatic carbocycles. The smallest absolute Gasteiger partial charge is 0.222 e. The molecule has 4 heterocycles. The van der Waals surface area contributed by atoms with E-state index in [4.69, 9.17) is 5.10 Å². The first-order valence-corrected chi connectivity index (χ1v) is 10.0. The van der Waals surface area contributed by atoms with Gasteiger partial charge in [-0.15, -0.1) is 0 Å². The van der Waals surface area contributed by atoms with Crippen LogP contribution in [-0.2, 0) is 44.8 Å². The molecule has 0 saturated carbocycles. The SMILES string of the molecule is Cc1cc(CN2CCc3c(c(CCC(=O)N4CCCC4)nn3C)C2)n(C)n1. The Morgan fingerprint density at radius 1 is 1.11 bits per heavy atom. The summed E-state index contributed by atoms with van der Waals surface area (Å²) in [6, 6.07) is 2.16. The van der Waals surface area contributed by atoms with Gasteiger partial charge < -0.3 is 4.90 Å².